The average molecular weight is 1100 g/mol. The van der Waals surface area contributed by atoms with Crippen LogP contribution >= 0.6 is 0 Å². The monoisotopic (exact) mass is 1100 g/mol. The Morgan fingerprint density at radius 2 is 0.468 bits per heavy atom. The summed E-state index contributed by atoms with van der Waals surface area (Å²) in [7, 11) is 0. The van der Waals surface area contributed by atoms with Crippen molar-refractivity contribution in [2.75, 3.05) is 0 Å². The third-order valence-corrected chi connectivity index (χ3v) is 17.3. The van der Waals surface area contributed by atoms with Crippen LogP contribution < -0.4 is 0 Å². The standard InChI is InChI=1S/C74H128N2.Ni/c1-6-11-16-21-25-29-33-37-41-45-49-54-66-59-67(55-50-46-42-38-34-30-26-22-17-12-7-2)62-71(61-66)73-65-70(58-53-20-15-10-5)74(76(73)75)72-63-68(56-51-47-43-39-35-31-27-23-18-13-8-3)60-69(64-72)57-52-48-44-40-36-32-28-24-19-14-9-4;/h59-65H,6-58H2,1-5H3;. The second-order valence-electron chi connectivity index (χ2n) is 24.7. The number of benzene rings is 2. The van der Waals surface area contributed by atoms with Crippen molar-refractivity contribution >= 4 is 11.4 Å². The number of hydrogen-bond acceptors (Lipinski definition) is 0. The summed E-state index contributed by atoms with van der Waals surface area (Å²) in [6.45, 7) is 11.6. The van der Waals surface area contributed by atoms with Gasteiger partial charge in [0, 0.05) is 39.3 Å². The molecule has 0 spiro atoms. The number of hydrogen-bond donors (Lipinski definition) is 0. The Hall–Kier alpha value is -1.99. The van der Waals surface area contributed by atoms with Gasteiger partial charge in [0.1, 0.15) is 0 Å². The SMILES string of the molecule is CCCCCCCCCCCCCc1cc(CCCCCCCCCCCCC)cc(C2=CC(CCCCCC)=C(c3cc(CCCCCCCCCCCCC)cc(CCCCCCCCCCCCC)c3)[N+]2=[N-])c1.[Ni]. The zero-order valence-electron chi connectivity index (χ0n) is 52.2. The maximum atomic E-state index is 12.7. The third-order valence-electron chi connectivity index (χ3n) is 17.3. The molecule has 3 rings (SSSR count). The van der Waals surface area contributed by atoms with Crippen molar-refractivity contribution in [3.8, 4) is 0 Å². The van der Waals surface area contributed by atoms with Crippen molar-refractivity contribution in [2.45, 2.75) is 375 Å². The van der Waals surface area contributed by atoms with Crippen LogP contribution in [0.2, 0.25) is 0 Å². The van der Waals surface area contributed by atoms with E-state index in [0.29, 0.717) is 0 Å². The molecule has 2 aromatic rings. The van der Waals surface area contributed by atoms with E-state index in [1.54, 1.807) is 4.70 Å². The Bertz CT molecular complexity index is 1660. The predicted molar refractivity (Wildman–Crippen MR) is 341 cm³/mol. The Kier molecular flexibility index (Phi) is 47.0. The molecular formula is C74H128N2Ni. The van der Waals surface area contributed by atoms with Crippen LogP contribution in [0.3, 0.4) is 0 Å². The minimum Gasteiger partial charge on any atom is -0.493 e. The molecular weight excluding hydrogens is 976 g/mol. The zero-order valence-corrected chi connectivity index (χ0v) is 53.2. The van der Waals surface area contributed by atoms with Crippen LogP contribution in [-0.2, 0) is 42.2 Å². The number of unbranched alkanes of at least 4 members (excludes halogenated alkanes) is 43. The molecule has 0 saturated heterocycles. The van der Waals surface area contributed by atoms with Gasteiger partial charge < -0.3 is 5.53 Å². The molecule has 0 bridgehead atoms. The van der Waals surface area contributed by atoms with E-state index in [0.717, 1.165) is 43.5 Å². The molecule has 0 aliphatic carbocycles. The fourth-order valence-corrected chi connectivity index (χ4v) is 12.4. The van der Waals surface area contributed by atoms with Gasteiger partial charge in [-0.2, -0.15) is 0 Å². The molecule has 444 valence electrons. The van der Waals surface area contributed by atoms with Crippen LogP contribution in [0, 0.1) is 0 Å². The van der Waals surface area contributed by atoms with Crippen LogP contribution in [0.25, 0.3) is 16.9 Å². The van der Waals surface area contributed by atoms with E-state index in [1.807, 2.05) is 0 Å². The van der Waals surface area contributed by atoms with Crippen molar-refractivity contribution in [1.29, 1.82) is 0 Å². The van der Waals surface area contributed by atoms with Gasteiger partial charge in [-0.05, 0) is 111 Å². The van der Waals surface area contributed by atoms with Crippen molar-refractivity contribution in [3.63, 3.8) is 0 Å². The molecule has 77 heavy (non-hydrogen) atoms. The summed E-state index contributed by atoms with van der Waals surface area (Å²) in [5, 5.41) is 0. The second-order valence-corrected chi connectivity index (χ2v) is 24.7. The summed E-state index contributed by atoms with van der Waals surface area (Å²) in [4.78, 5) is 0. The van der Waals surface area contributed by atoms with E-state index in [2.05, 4.69) is 77.1 Å². The maximum absolute atomic E-state index is 12.7. The molecule has 0 N–H and O–H groups in total. The molecule has 0 atom stereocenters. The first-order chi connectivity index (χ1) is 37.5. The van der Waals surface area contributed by atoms with E-state index in [4.69, 9.17) is 0 Å². The van der Waals surface area contributed by atoms with Crippen LogP contribution in [0.1, 0.15) is 383 Å². The minimum atomic E-state index is 0. The molecule has 2 aromatic carbocycles. The molecule has 1 aliphatic heterocycles. The van der Waals surface area contributed by atoms with E-state index >= 15 is 0 Å². The van der Waals surface area contributed by atoms with Gasteiger partial charge in [0.05, 0.1) is 0 Å². The van der Waals surface area contributed by atoms with E-state index in [1.165, 1.54) is 347 Å². The van der Waals surface area contributed by atoms with Gasteiger partial charge in [0.15, 0.2) is 0 Å². The molecule has 0 amide bonds. The summed E-state index contributed by atoms with van der Waals surface area (Å²) in [6.07, 6.45) is 73.7. The molecule has 1 heterocycles. The van der Waals surface area contributed by atoms with E-state index in [-0.39, 0.29) is 16.5 Å². The van der Waals surface area contributed by atoms with Gasteiger partial charge in [-0.25, -0.2) is 4.70 Å². The minimum absolute atomic E-state index is 0. The van der Waals surface area contributed by atoms with Crippen LogP contribution in [-0.4, -0.2) is 4.70 Å². The van der Waals surface area contributed by atoms with Crippen LogP contribution in [0.4, 0.5) is 0 Å². The summed E-state index contributed by atoms with van der Waals surface area (Å²) in [5.74, 6) is 0. The molecule has 0 fully saturated rings. The Labute approximate surface area is 491 Å². The van der Waals surface area contributed by atoms with Crippen molar-refractivity contribution in [3.05, 3.63) is 87.0 Å². The largest absolute Gasteiger partial charge is 0.493 e. The van der Waals surface area contributed by atoms with Crippen molar-refractivity contribution < 1.29 is 21.2 Å². The average Bonchev–Trinajstić information content (AvgIpc) is 3.77. The zero-order chi connectivity index (χ0) is 54.2. The maximum Gasteiger partial charge on any atom is 0.210 e. The Morgan fingerprint density at radius 1 is 0.260 bits per heavy atom. The topological polar surface area (TPSA) is 25.3 Å². The van der Waals surface area contributed by atoms with E-state index in [9.17, 15) is 5.53 Å². The summed E-state index contributed by atoms with van der Waals surface area (Å²) in [5.41, 5.74) is 24.5. The van der Waals surface area contributed by atoms with Crippen LogP contribution in [0.15, 0.2) is 48.0 Å². The molecule has 0 saturated carbocycles. The van der Waals surface area contributed by atoms with Crippen molar-refractivity contribution in [1.82, 2.24) is 0 Å². The quantitative estimate of drug-likeness (QED) is 0.0358. The molecule has 0 radical (unpaired) electrons. The Morgan fingerprint density at radius 3 is 0.727 bits per heavy atom. The van der Waals surface area contributed by atoms with Crippen molar-refractivity contribution in [2.24, 2.45) is 0 Å². The normalized spacial score (nSPS) is 12.6. The van der Waals surface area contributed by atoms with Gasteiger partial charge in [0.2, 0.25) is 11.4 Å². The van der Waals surface area contributed by atoms with Gasteiger partial charge >= 0.3 is 0 Å². The van der Waals surface area contributed by atoms with Gasteiger partial charge in [-0.1, -0.05) is 323 Å². The number of aryl methyl sites for hydroxylation is 4. The summed E-state index contributed by atoms with van der Waals surface area (Å²) in [6, 6.07) is 15.0. The molecule has 1 aliphatic rings. The molecule has 0 unspecified atom stereocenters. The van der Waals surface area contributed by atoms with Gasteiger partial charge in [0.25, 0.3) is 0 Å². The molecule has 3 heteroatoms. The fraction of sp³-hybridized carbons (Fsp3) is 0.784. The number of allylic oxidation sites excluding steroid dienone is 2. The first-order valence-electron chi connectivity index (χ1n) is 34.7. The predicted octanol–water partition coefficient (Wildman–Crippen LogP) is 25.9. The Balaban J connectivity index is 0.0000203. The van der Waals surface area contributed by atoms with E-state index < -0.39 is 0 Å². The first-order valence-corrected chi connectivity index (χ1v) is 34.7. The third kappa shape index (κ3) is 35.5. The smallest absolute Gasteiger partial charge is 0.210 e. The molecule has 0 aromatic heterocycles. The summed E-state index contributed by atoms with van der Waals surface area (Å²) >= 11 is 0. The number of rotatable bonds is 55. The molecule has 2 nitrogen and oxygen atoms in total. The fourth-order valence-electron chi connectivity index (χ4n) is 12.4. The first kappa shape index (κ1) is 71.1. The van der Waals surface area contributed by atoms with Gasteiger partial charge in [-0.3, -0.25) is 0 Å². The second kappa shape index (κ2) is 50.9. The summed E-state index contributed by atoms with van der Waals surface area (Å²) < 4.78 is 1.66. The number of nitrogens with zero attached hydrogens (tertiary/aromatic N) is 2. The van der Waals surface area contributed by atoms with Gasteiger partial charge in [-0.15, -0.1) is 0 Å². The van der Waals surface area contributed by atoms with Crippen LogP contribution in [0.5, 0.6) is 0 Å².